The van der Waals surface area contributed by atoms with Crippen molar-refractivity contribution in [1.82, 2.24) is 9.97 Å². The van der Waals surface area contributed by atoms with Crippen molar-refractivity contribution in [3.8, 4) is 33.4 Å². The lowest BCUT2D eigenvalue weighted by atomic mass is 10.2. The van der Waals surface area contributed by atoms with Crippen molar-refractivity contribution in [1.29, 1.82) is 0 Å². The largest absolute Gasteiger partial charge is 0.223 e. The Bertz CT molecular complexity index is 970. The van der Waals surface area contributed by atoms with Gasteiger partial charge in [0.05, 0.1) is 0 Å². The van der Waals surface area contributed by atoms with Gasteiger partial charge in [0, 0.05) is 26.7 Å². The Labute approximate surface area is 163 Å². The third-order valence-electron chi connectivity index (χ3n) is 3.87. The highest BCUT2D eigenvalue weighted by Crippen LogP contribution is 2.36. The van der Waals surface area contributed by atoms with Gasteiger partial charge in [-0.2, -0.15) is 0 Å². The predicted molar refractivity (Wildman–Crippen MR) is 111 cm³/mol. The van der Waals surface area contributed by atoms with E-state index >= 15 is 0 Å². The summed E-state index contributed by atoms with van der Waals surface area (Å²) in [5.74, 6) is 0.684. The molecule has 5 heteroatoms. The van der Waals surface area contributed by atoms with E-state index in [9.17, 15) is 0 Å². The smallest absolute Gasteiger partial charge is 0.161 e. The minimum absolute atomic E-state index is 0.684. The molecule has 0 unspecified atom stereocenters. The Balaban J connectivity index is 1.89. The molecule has 0 N–H and O–H groups in total. The second-order valence-corrected chi connectivity index (χ2v) is 7.63. The summed E-state index contributed by atoms with van der Waals surface area (Å²) in [6.07, 6.45) is 0. The normalized spacial score (nSPS) is 11.0. The van der Waals surface area contributed by atoms with E-state index in [-0.39, 0.29) is 0 Å². The van der Waals surface area contributed by atoms with Gasteiger partial charge >= 0.3 is 0 Å². The highest BCUT2D eigenvalue weighted by Gasteiger charge is 2.11. The highest BCUT2D eigenvalue weighted by molar-refractivity contribution is 7.37. The van der Waals surface area contributed by atoms with E-state index in [1.165, 1.54) is 0 Å². The molecule has 0 fully saturated rings. The van der Waals surface area contributed by atoms with Crippen molar-refractivity contribution in [2.45, 2.75) is 0 Å². The number of hydrogen-bond acceptors (Lipinski definition) is 2. The van der Waals surface area contributed by atoms with Gasteiger partial charge in [-0.25, -0.2) is 9.97 Å². The van der Waals surface area contributed by atoms with Crippen LogP contribution in [0.5, 0.6) is 0 Å². The van der Waals surface area contributed by atoms with Crippen molar-refractivity contribution in [2.24, 2.45) is 0 Å². The van der Waals surface area contributed by atoms with E-state index in [2.05, 4.69) is 12.1 Å². The van der Waals surface area contributed by atoms with Crippen LogP contribution in [0.25, 0.3) is 33.4 Å². The van der Waals surface area contributed by atoms with E-state index < -0.39 is 0 Å². The van der Waals surface area contributed by atoms with Gasteiger partial charge in [0.1, 0.15) is 10.9 Å². The molecule has 1 aromatic heterocycles. The summed E-state index contributed by atoms with van der Waals surface area (Å²) < 4.78 is 0. The molecule has 0 aliphatic heterocycles. The quantitative estimate of drug-likeness (QED) is 0.362. The number of rotatable bonds is 3. The predicted octanol–water partition coefficient (Wildman–Crippen LogP) is 7.36. The Hall–Kier alpha value is -2.25. The monoisotopic (exact) mass is 394 g/mol. The SMILES string of the molecule is Clc1ccc(-c2nc(-c3ccccc3)pc(-c3ccc(Cl)cc3)n2)cc1. The molecular formula is C21H13Cl2N2P. The standard InChI is InChI=1S/C21H13Cl2N2P/c22-17-10-6-14(7-11-17)19-24-20(15-4-2-1-3-5-15)26-21(25-19)16-8-12-18(23)13-9-16/h1-13H. The summed E-state index contributed by atoms with van der Waals surface area (Å²) in [6, 6.07) is 25.5. The van der Waals surface area contributed by atoms with E-state index in [1.807, 2.05) is 66.7 Å². The van der Waals surface area contributed by atoms with Crippen molar-refractivity contribution in [3.05, 3.63) is 88.9 Å². The number of halogens is 2. The first kappa shape index (κ1) is 17.2. The van der Waals surface area contributed by atoms with E-state index in [0.717, 1.165) is 35.7 Å². The molecule has 126 valence electrons. The topological polar surface area (TPSA) is 25.8 Å². The summed E-state index contributed by atoms with van der Waals surface area (Å²) in [5, 5.41) is 1.40. The van der Waals surface area contributed by atoms with Crippen molar-refractivity contribution in [2.75, 3.05) is 0 Å². The molecule has 0 atom stereocenters. The number of benzene rings is 3. The lowest BCUT2D eigenvalue weighted by Crippen LogP contribution is -1.92. The first-order chi connectivity index (χ1) is 12.7. The first-order valence-electron chi connectivity index (χ1n) is 8.02. The van der Waals surface area contributed by atoms with E-state index in [0.29, 0.717) is 15.9 Å². The fourth-order valence-electron chi connectivity index (χ4n) is 2.55. The molecule has 2 nitrogen and oxygen atoms in total. The first-order valence-corrected chi connectivity index (χ1v) is 9.67. The molecule has 1 heterocycles. The molecule has 0 aliphatic rings. The van der Waals surface area contributed by atoms with Gasteiger partial charge in [-0.1, -0.05) is 65.7 Å². The van der Waals surface area contributed by atoms with Crippen LogP contribution in [-0.4, -0.2) is 9.97 Å². The average molecular weight is 395 g/mol. The van der Waals surface area contributed by atoms with Crippen LogP contribution in [0, 0.1) is 0 Å². The van der Waals surface area contributed by atoms with Crippen molar-refractivity contribution in [3.63, 3.8) is 0 Å². The molecular weight excluding hydrogens is 382 g/mol. The Morgan fingerprint density at radius 2 is 1.00 bits per heavy atom. The molecule has 3 aromatic carbocycles. The molecule has 0 saturated carbocycles. The summed E-state index contributed by atoms with van der Waals surface area (Å²) in [5.41, 5.74) is 4.97. The third-order valence-corrected chi connectivity index (χ3v) is 5.52. The summed E-state index contributed by atoms with van der Waals surface area (Å²) in [4.78, 5) is 9.61. The Morgan fingerprint density at radius 1 is 0.538 bits per heavy atom. The second kappa shape index (κ2) is 7.55. The van der Waals surface area contributed by atoms with E-state index in [1.54, 1.807) is 0 Å². The van der Waals surface area contributed by atoms with Crippen LogP contribution in [0.2, 0.25) is 10.0 Å². The van der Waals surface area contributed by atoms with Crippen LogP contribution in [-0.2, 0) is 0 Å². The Kier molecular flexibility index (Phi) is 4.99. The van der Waals surface area contributed by atoms with Crippen LogP contribution >= 0.6 is 31.4 Å². The van der Waals surface area contributed by atoms with Crippen LogP contribution in [0.3, 0.4) is 0 Å². The molecule has 26 heavy (non-hydrogen) atoms. The number of hydrogen-bond donors (Lipinski definition) is 0. The van der Waals surface area contributed by atoms with Crippen LogP contribution in [0.4, 0.5) is 0 Å². The lowest BCUT2D eigenvalue weighted by molar-refractivity contribution is 1.23. The van der Waals surface area contributed by atoms with Gasteiger partial charge in [-0.05, 0) is 44.6 Å². The molecule has 0 aliphatic carbocycles. The zero-order valence-electron chi connectivity index (χ0n) is 13.6. The Morgan fingerprint density at radius 3 is 1.54 bits per heavy atom. The average Bonchev–Trinajstić information content (AvgIpc) is 2.69. The minimum Gasteiger partial charge on any atom is -0.223 e. The number of nitrogens with zero attached hydrogens (tertiary/aromatic N) is 2. The van der Waals surface area contributed by atoms with E-state index in [4.69, 9.17) is 33.2 Å². The summed E-state index contributed by atoms with van der Waals surface area (Å²) in [6.45, 7) is 0. The maximum atomic E-state index is 6.03. The third kappa shape index (κ3) is 3.78. The fourth-order valence-corrected chi connectivity index (χ4v) is 3.85. The molecule has 0 amide bonds. The fraction of sp³-hybridized carbons (Fsp3) is 0. The summed E-state index contributed by atoms with van der Waals surface area (Å²) in [7, 11) is 0.965. The zero-order valence-corrected chi connectivity index (χ0v) is 16.0. The minimum atomic E-state index is 0.684. The van der Waals surface area contributed by atoms with Crippen LogP contribution < -0.4 is 0 Å². The van der Waals surface area contributed by atoms with Gasteiger partial charge in [0.15, 0.2) is 5.82 Å². The second-order valence-electron chi connectivity index (χ2n) is 5.69. The van der Waals surface area contributed by atoms with Crippen LogP contribution in [0.1, 0.15) is 0 Å². The van der Waals surface area contributed by atoms with Gasteiger partial charge < -0.3 is 0 Å². The zero-order chi connectivity index (χ0) is 17.9. The van der Waals surface area contributed by atoms with Gasteiger partial charge in [0.2, 0.25) is 0 Å². The molecule has 4 rings (SSSR count). The van der Waals surface area contributed by atoms with Gasteiger partial charge in [-0.3, -0.25) is 0 Å². The summed E-state index contributed by atoms with van der Waals surface area (Å²) >= 11 is 12.1. The maximum absolute atomic E-state index is 6.03. The molecule has 4 aromatic rings. The van der Waals surface area contributed by atoms with Crippen molar-refractivity contribution < 1.29 is 0 Å². The molecule has 0 spiro atoms. The lowest BCUT2D eigenvalue weighted by Gasteiger charge is -2.09. The van der Waals surface area contributed by atoms with Gasteiger partial charge in [0.25, 0.3) is 0 Å². The molecule has 0 bridgehead atoms. The van der Waals surface area contributed by atoms with Gasteiger partial charge in [-0.15, -0.1) is 0 Å². The van der Waals surface area contributed by atoms with Crippen molar-refractivity contribution >= 4 is 31.4 Å². The maximum Gasteiger partial charge on any atom is 0.161 e. The number of aromatic nitrogens is 2. The van der Waals surface area contributed by atoms with Crippen LogP contribution in [0.15, 0.2) is 78.9 Å². The highest BCUT2D eigenvalue weighted by atomic mass is 35.5. The molecule has 0 saturated heterocycles. The molecule has 0 radical (unpaired) electrons.